The Kier molecular flexibility index (Phi) is 5.32. The predicted molar refractivity (Wildman–Crippen MR) is 80.2 cm³/mol. The molecule has 23 heavy (non-hydrogen) atoms. The number of aromatic amines is 1. The Morgan fingerprint density at radius 2 is 2.30 bits per heavy atom. The van der Waals surface area contributed by atoms with Crippen LogP contribution in [0.2, 0.25) is 0 Å². The molecule has 0 bridgehead atoms. The first-order chi connectivity index (χ1) is 10.9. The monoisotopic (exact) mass is 323 g/mol. The van der Waals surface area contributed by atoms with Gasteiger partial charge >= 0.3 is 5.97 Å². The van der Waals surface area contributed by atoms with Crippen LogP contribution < -0.4 is 11.1 Å². The SMILES string of the molecule is CC(NC(=O)C(N)Cc1cnc[nH]1)C(=O)N1CCCC1C(=O)O. The van der Waals surface area contributed by atoms with E-state index in [1.54, 1.807) is 6.20 Å². The molecule has 0 spiro atoms. The highest BCUT2D eigenvalue weighted by Gasteiger charge is 2.36. The fourth-order valence-corrected chi connectivity index (χ4v) is 2.64. The third-order valence-corrected chi connectivity index (χ3v) is 3.88. The van der Waals surface area contributed by atoms with Crippen LogP contribution in [0, 0.1) is 0 Å². The van der Waals surface area contributed by atoms with Gasteiger partial charge in [-0.05, 0) is 19.8 Å². The highest BCUT2D eigenvalue weighted by molar-refractivity contribution is 5.91. The number of carbonyl (C=O) groups excluding carboxylic acids is 2. The van der Waals surface area contributed by atoms with Crippen molar-refractivity contribution in [3.05, 3.63) is 18.2 Å². The number of imidazole rings is 1. The van der Waals surface area contributed by atoms with Gasteiger partial charge in [-0.15, -0.1) is 0 Å². The average Bonchev–Trinajstić information content (AvgIpc) is 3.17. The molecule has 2 heterocycles. The van der Waals surface area contributed by atoms with Gasteiger partial charge in [-0.3, -0.25) is 9.59 Å². The van der Waals surface area contributed by atoms with E-state index >= 15 is 0 Å². The van der Waals surface area contributed by atoms with Crippen LogP contribution in [0.25, 0.3) is 0 Å². The molecule has 5 N–H and O–H groups in total. The first kappa shape index (κ1) is 16.9. The summed E-state index contributed by atoms with van der Waals surface area (Å²) in [5.41, 5.74) is 6.53. The Morgan fingerprint density at radius 3 is 2.91 bits per heavy atom. The van der Waals surface area contributed by atoms with E-state index in [2.05, 4.69) is 15.3 Å². The molecule has 1 aliphatic rings. The van der Waals surface area contributed by atoms with Gasteiger partial charge in [0.25, 0.3) is 0 Å². The van der Waals surface area contributed by atoms with Crippen LogP contribution in [0.5, 0.6) is 0 Å². The first-order valence-corrected chi connectivity index (χ1v) is 7.46. The maximum atomic E-state index is 12.3. The van der Waals surface area contributed by atoms with Crippen LogP contribution >= 0.6 is 0 Å². The number of carboxylic acid groups (broad SMARTS) is 1. The Bertz CT molecular complexity index is 574. The lowest BCUT2D eigenvalue weighted by molar-refractivity contribution is -0.149. The molecule has 1 saturated heterocycles. The number of carboxylic acids is 1. The summed E-state index contributed by atoms with van der Waals surface area (Å²) in [4.78, 5) is 43.5. The minimum atomic E-state index is -1.02. The number of aliphatic carboxylic acids is 1. The zero-order valence-electron chi connectivity index (χ0n) is 12.9. The largest absolute Gasteiger partial charge is 0.480 e. The van der Waals surface area contributed by atoms with Crippen molar-refractivity contribution < 1.29 is 19.5 Å². The molecule has 2 amide bonds. The van der Waals surface area contributed by atoms with E-state index in [9.17, 15) is 14.4 Å². The van der Waals surface area contributed by atoms with Crippen LogP contribution in [-0.2, 0) is 20.8 Å². The van der Waals surface area contributed by atoms with E-state index in [4.69, 9.17) is 10.8 Å². The molecule has 1 aromatic heterocycles. The number of H-pyrrole nitrogens is 1. The number of hydrogen-bond acceptors (Lipinski definition) is 5. The van der Waals surface area contributed by atoms with E-state index in [1.165, 1.54) is 18.2 Å². The molecule has 9 heteroatoms. The van der Waals surface area contributed by atoms with Crippen LogP contribution in [0.3, 0.4) is 0 Å². The zero-order chi connectivity index (χ0) is 17.0. The van der Waals surface area contributed by atoms with Crippen molar-refractivity contribution in [3.8, 4) is 0 Å². The minimum absolute atomic E-state index is 0.272. The number of nitrogens with zero attached hydrogens (tertiary/aromatic N) is 2. The summed E-state index contributed by atoms with van der Waals surface area (Å²) in [7, 11) is 0. The van der Waals surface area contributed by atoms with Crippen molar-refractivity contribution in [2.45, 2.75) is 44.3 Å². The topological polar surface area (TPSA) is 141 Å². The lowest BCUT2D eigenvalue weighted by Gasteiger charge is -2.26. The number of carbonyl (C=O) groups is 3. The molecule has 0 aromatic carbocycles. The van der Waals surface area contributed by atoms with Crippen molar-refractivity contribution in [1.82, 2.24) is 20.2 Å². The van der Waals surface area contributed by atoms with E-state index in [1.807, 2.05) is 0 Å². The Labute approximate surface area is 133 Å². The Balaban J connectivity index is 1.89. The summed E-state index contributed by atoms with van der Waals surface area (Å²) in [6, 6.07) is -2.46. The average molecular weight is 323 g/mol. The summed E-state index contributed by atoms with van der Waals surface area (Å²) < 4.78 is 0. The maximum absolute atomic E-state index is 12.3. The second-order valence-electron chi connectivity index (χ2n) is 5.65. The summed E-state index contributed by atoms with van der Waals surface area (Å²) in [5.74, 6) is -1.89. The molecule has 3 atom stereocenters. The van der Waals surface area contributed by atoms with Crippen LogP contribution in [-0.4, -0.2) is 62.4 Å². The van der Waals surface area contributed by atoms with Gasteiger partial charge in [0.2, 0.25) is 11.8 Å². The Hall–Kier alpha value is -2.42. The molecular formula is C14H21N5O4. The van der Waals surface area contributed by atoms with Gasteiger partial charge in [0.15, 0.2) is 0 Å². The number of aromatic nitrogens is 2. The van der Waals surface area contributed by atoms with Crippen molar-refractivity contribution >= 4 is 17.8 Å². The van der Waals surface area contributed by atoms with Crippen molar-refractivity contribution in [1.29, 1.82) is 0 Å². The summed E-state index contributed by atoms with van der Waals surface area (Å²) in [5, 5.41) is 11.7. The van der Waals surface area contributed by atoms with Gasteiger partial charge in [-0.2, -0.15) is 0 Å². The van der Waals surface area contributed by atoms with Gasteiger partial charge in [-0.25, -0.2) is 9.78 Å². The van der Waals surface area contributed by atoms with Gasteiger partial charge in [0.05, 0.1) is 12.4 Å². The molecule has 1 fully saturated rings. The number of amides is 2. The number of likely N-dealkylation sites (tertiary alicyclic amines) is 1. The molecular weight excluding hydrogens is 302 g/mol. The smallest absolute Gasteiger partial charge is 0.326 e. The summed E-state index contributed by atoms with van der Waals surface area (Å²) in [6.45, 7) is 1.91. The number of hydrogen-bond donors (Lipinski definition) is 4. The predicted octanol–water partition coefficient (Wildman–Crippen LogP) is -1.14. The van der Waals surface area contributed by atoms with Crippen molar-refractivity contribution in [3.63, 3.8) is 0 Å². The molecule has 1 aliphatic heterocycles. The molecule has 9 nitrogen and oxygen atoms in total. The van der Waals surface area contributed by atoms with Crippen LogP contribution in [0.1, 0.15) is 25.5 Å². The second-order valence-corrected chi connectivity index (χ2v) is 5.65. The third-order valence-electron chi connectivity index (χ3n) is 3.88. The normalized spacial score (nSPS) is 20.1. The quantitative estimate of drug-likeness (QED) is 0.521. The highest BCUT2D eigenvalue weighted by Crippen LogP contribution is 2.18. The second kappa shape index (κ2) is 7.23. The van der Waals surface area contributed by atoms with Crippen molar-refractivity contribution in [2.75, 3.05) is 6.54 Å². The fourth-order valence-electron chi connectivity index (χ4n) is 2.64. The molecule has 0 radical (unpaired) electrons. The first-order valence-electron chi connectivity index (χ1n) is 7.46. The van der Waals surface area contributed by atoms with Gasteiger partial charge in [0, 0.05) is 24.9 Å². The molecule has 3 unspecified atom stereocenters. The number of nitrogens with one attached hydrogen (secondary N) is 2. The molecule has 2 rings (SSSR count). The molecule has 126 valence electrons. The van der Waals surface area contributed by atoms with Crippen LogP contribution in [0.4, 0.5) is 0 Å². The van der Waals surface area contributed by atoms with Gasteiger partial charge < -0.3 is 26.0 Å². The minimum Gasteiger partial charge on any atom is -0.480 e. The third kappa shape index (κ3) is 4.07. The van der Waals surface area contributed by atoms with E-state index in [0.717, 1.165) is 5.69 Å². The van der Waals surface area contributed by atoms with E-state index in [-0.39, 0.29) is 6.42 Å². The highest BCUT2D eigenvalue weighted by atomic mass is 16.4. The lowest BCUT2D eigenvalue weighted by Crippen LogP contribution is -2.53. The molecule has 0 saturated carbocycles. The zero-order valence-corrected chi connectivity index (χ0v) is 12.9. The summed E-state index contributed by atoms with van der Waals surface area (Å²) in [6.07, 6.45) is 4.41. The summed E-state index contributed by atoms with van der Waals surface area (Å²) >= 11 is 0. The van der Waals surface area contributed by atoms with Gasteiger partial charge in [0.1, 0.15) is 12.1 Å². The Morgan fingerprint density at radius 1 is 1.57 bits per heavy atom. The van der Waals surface area contributed by atoms with Crippen LogP contribution in [0.15, 0.2) is 12.5 Å². The molecule has 1 aromatic rings. The van der Waals surface area contributed by atoms with Crippen molar-refractivity contribution in [2.24, 2.45) is 5.73 Å². The van der Waals surface area contributed by atoms with E-state index < -0.39 is 35.9 Å². The number of rotatable bonds is 6. The van der Waals surface area contributed by atoms with Gasteiger partial charge in [-0.1, -0.05) is 0 Å². The maximum Gasteiger partial charge on any atom is 0.326 e. The standard InChI is InChI=1S/C14H21N5O4/c1-8(13(21)19-4-2-3-11(19)14(22)23)18-12(20)10(15)5-9-6-16-7-17-9/h6-8,10-11H,2-5,15H2,1H3,(H,16,17)(H,18,20)(H,22,23). The fraction of sp³-hybridized carbons (Fsp3) is 0.571. The van der Waals surface area contributed by atoms with E-state index in [0.29, 0.717) is 19.4 Å². The lowest BCUT2D eigenvalue weighted by atomic mass is 10.1. The molecule has 0 aliphatic carbocycles. The number of nitrogens with two attached hydrogens (primary N) is 1.